The van der Waals surface area contributed by atoms with Gasteiger partial charge < -0.3 is 9.88 Å². The number of nitrogens with zero attached hydrogens (tertiary/aromatic N) is 4. The summed E-state index contributed by atoms with van der Waals surface area (Å²) in [6.07, 6.45) is 0.856. The fourth-order valence-corrected chi connectivity index (χ4v) is 3.53. The van der Waals surface area contributed by atoms with Gasteiger partial charge in [0.25, 0.3) is 5.56 Å². The van der Waals surface area contributed by atoms with Crippen molar-refractivity contribution in [2.45, 2.75) is 26.3 Å². The Bertz CT molecular complexity index is 1160. The third kappa shape index (κ3) is 3.80. The second-order valence-electron chi connectivity index (χ2n) is 6.65. The molecule has 28 heavy (non-hydrogen) atoms. The zero-order valence-corrected chi connectivity index (χ0v) is 17.6. The first-order valence-corrected chi connectivity index (χ1v) is 9.79. The summed E-state index contributed by atoms with van der Waals surface area (Å²) in [5.74, 6) is 0.274. The summed E-state index contributed by atoms with van der Waals surface area (Å²) in [6.45, 7) is 2.91. The Morgan fingerprint density at radius 1 is 1.21 bits per heavy atom. The molecular weight excluding hydrogens is 426 g/mol. The quantitative estimate of drug-likeness (QED) is 0.616. The van der Waals surface area contributed by atoms with Crippen molar-refractivity contribution in [2.24, 2.45) is 14.1 Å². The second-order valence-corrected chi connectivity index (χ2v) is 7.56. The minimum Gasteiger partial charge on any atom is -0.356 e. The number of imidazole rings is 1. The number of fused-ring (bicyclic) bond motifs is 1. The van der Waals surface area contributed by atoms with Crippen LogP contribution in [0.25, 0.3) is 11.2 Å². The lowest BCUT2D eigenvalue weighted by molar-refractivity contribution is -0.120. The molecule has 3 rings (SSSR count). The number of hydrogen-bond acceptors (Lipinski definition) is 4. The first-order valence-electron chi connectivity index (χ1n) is 8.99. The Morgan fingerprint density at radius 2 is 1.96 bits per heavy atom. The Morgan fingerprint density at radius 3 is 2.64 bits per heavy atom. The highest BCUT2D eigenvalue weighted by atomic mass is 79.9. The number of amides is 1. The number of carbonyl (C=O) groups excluding carboxylic acids is 1. The molecule has 1 aromatic carbocycles. The maximum absolute atomic E-state index is 12.8. The number of halogens is 1. The van der Waals surface area contributed by atoms with Crippen LogP contribution in [-0.2, 0) is 31.9 Å². The molecule has 0 unspecified atom stereocenters. The molecule has 8 nitrogen and oxygen atoms in total. The van der Waals surface area contributed by atoms with Crippen LogP contribution < -0.4 is 16.6 Å². The molecule has 1 N–H and O–H groups in total. The highest BCUT2D eigenvalue weighted by Crippen LogP contribution is 2.17. The van der Waals surface area contributed by atoms with Crippen molar-refractivity contribution in [3.63, 3.8) is 0 Å². The van der Waals surface area contributed by atoms with Gasteiger partial charge in [-0.1, -0.05) is 35.0 Å². The molecule has 2 heterocycles. The zero-order chi connectivity index (χ0) is 20.4. The number of benzene rings is 1. The third-order valence-corrected chi connectivity index (χ3v) is 5.04. The van der Waals surface area contributed by atoms with Gasteiger partial charge in [0, 0.05) is 31.7 Å². The molecule has 0 saturated carbocycles. The number of rotatable bonds is 6. The van der Waals surface area contributed by atoms with Crippen LogP contribution >= 0.6 is 15.9 Å². The molecule has 0 aliphatic carbocycles. The molecule has 0 bridgehead atoms. The van der Waals surface area contributed by atoms with Crippen LogP contribution in [0.2, 0.25) is 0 Å². The lowest BCUT2D eigenvalue weighted by Crippen LogP contribution is -2.37. The number of aromatic nitrogens is 4. The van der Waals surface area contributed by atoms with E-state index >= 15 is 0 Å². The normalized spacial score (nSPS) is 11.1. The van der Waals surface area contributed by atoms with Gasteiger partial charge in [-0.25, -0.2) is 9.78 Å². The smallest absolute Gasteiger partial charge is 0.332 e. The number of nitrogens with one attached hydrogen (secondary N) is 1. The summed E-state index contributed by atoms with van der Waals surface area (Å²) < 4.78 is 5.03. The maximum atomic E-state index is 12.8. The summed E-state index contributed by atoms with van der Waals surface area (Å²) in [5, 5.41) is 2.83. The third-order valence-electron chi connectivity index (χ3n) is 4.55. The largest absolute Gasteiger partial charge is 0.356 e. The summed E-state index contributed by atoms with van der Waals surface area (Å²) in [4.78, 5) is 41.9. The fraction of sp³-hybridized carbons (Fsp3) is 0.368. The van der Waals surface area contributed by atoms with Crippen LogP contribution in [0.5, 0.6) is 0 Å². The van der Waals surface area contributed by atoms with Crippen LogP contribution in [-0.4, -0.2) is 31.1 Å². The SMILES string of the molecule is CCCNC(=O)Cc1nc2c(c(=O)n(C)c(=O)n2C)n1Cc1cccc(Br)c1. The van der Waals surface area contributed by atoms with E-state index in [1.165, 1.54) is 11.6 Å². The first-order chi connectivity index (χ1) is 13.3. The summed E-state index contributed by atoms with van der Waals surface area (Å²) in [7, 11) is 3.01. The highest BCUT2D eigenvalue weighted by molar-refractivity contribution is 9.10. The fourth-order valence-electron chi connectivity index (χ4n) is 3.09. The predicted molar refractivity (Wildman–Crippen MR) is 110 cm³/mol. The Hall–Kier alpha value is -2.68. The van der Waals surface area contributed by atoms with Gasteiger partial charge in [0.2, 0.25) is 5.91 Å². The van der Waals surface area contributed by atoms with Gasteiger partial charge in [0.05, 0.1) is 6.42 Å². The molecule has 0 atom stereocenters. The van der Waals surface area contributed by atoms with Gasteiger partial charge in [-0.3, -0.25) is 18.7 Å². The van der Waals surface area contributed by atoms with Crippen LogP contribution in [0.15, 0.2) is 38.3 Å². The monoisotopic (exact) mass is 447 g/mol. The van der Waals surface area contributed by atoms with Crippen LogP contribution in [0, 0.1) is 0 Å². The van der Waals surface area contributed by atoms with Gasteiger partial charge in [-0.05, 0) is 24.1 Å². The van der Waals surface area contributed by atoms with Gasteiger partial charge in [-0.2, -0.15) is 0 Å². The Balaban J connectivity index is 2.19. The summed E-state index contributed by atoms with van der Waals surface area (Å²) in [5.41, 5.74) is 0.649. The minimum absolute atomic E-state index is 0.0278. The van der Waals surface area contributed by atoms with E-state index < -0.39 is 11.2 Å². The molecule has 0 spiro atoms. The first kappa shape index (κ1) is 20.1. The minimum atomic E-state index is -0.452. The zero-order valence-electron chi connectivity index (χ0n) is 16.0. The van der Waals surface area contributed by atoms with Crippen LogP contribution in [0.3, 0.4) is 0 Å². The van der Waals surface area contributed by atoms with Gasteiger partial charge >= 0.3 is 5.69 Å². The Kier molecular flexibility index (Phi) is 5.83. The molecule has 148 valence electrons. The van der Waals surface area contributed by atoms with Crippen LogP contribution in [0.1, 0.15) is 24.7 Å². The van der Waals surface area contributed by atoms with E-state index in [2.05, 4.69) is 26.2 Å². The van der Waals surface area contributed by atoms with E-state index in [1.807, 2.05) is 31.2 Å². The highest BCUT2D eigenvalue weighted by Gasteiger charge is 2.20. The van der Waals surface area contributed by atoms with E-state index in [1.54, 1.807) is 11.6 Å². The second kappa shape index (κ2) is 8.14. The number of aryl methyl sites for hydroxylation is 1. The van der Waals surface area contributed by atoms with Crippen molar-refractivity contribution in [1.82, 2.24) is 24.0 Å². The topological polar surface area (TPSA) is 90.9 Å². The van der Waals surface area contributed by atoms with Crippen molar-refractivity contribution >= 4 is 33.0 Å². The lowest BCUT2D eigenvalue weighted by Gasteiger charge is -2.10. The molecule has 0 radical (unpaired) electrons. The Labute approximate surface area is 169 Å². The number of carbonyl (C=O) groups is 1. The molecule has 9 heteroatoms. The van der Waals surface area contributed by atoms with Crippen molar-refractivity contribution in [1.29, 1.82) is 0 Å². The number of hydrogen-bond donors (Lipinski definition) is 1. The van der Waals surface area contributed by atoms with E-state index in [0.29, 0.717) is 24.4 Å². The van der Waals surface area contributed by atoms with Gasteiger partial charge in [-0.15, -0.1) is 0 Å². The van der Waals surface area contributed by atoms with Crippen LogP contribution in [0.4, 0.5) is 0 Å². The van der Waals surface area contributed by atoms with E-state index in [-0.39, 0.29) is 18.0 Å². The summed E-state index contributed by atoms with van der Waals surface area (Å²) in [6, 6.07) is 7.70. The average Bonchev–Trinajstić information content (AvgIpc) is 3.01. The van der Waals surface area contributed by atoms with Gasteiger partial charge in [0.15, 0.2) is 11.2 Å². The van der Waals surface area contributed by atoms with Crippen molar-refractivity contribution < 1.29 is 4.79 Å². The maximum Gasteiger partial charge on any atom is 0.332 e. The average molecular weight is 448 g/mol. The summed E-state index contributed by atoms with van der Waals surface area (Å²) >= 11 is 3.45. The molecular formula is C19H22BrN5O3. The molecule has 2 aromatic heterocycles. The standard InChI is InChI=1S/C19H22BrN5O3/c1-4-8-21-15(26)10-14-22-17-16(18(27)24(3)19(28)23(17)2)25(14)11-12-6-5-7-13(20)9-12/h5-7,9H,4,8,10-11H2,1-3H3,(H,21,26). The molecule has 1 amide bonds. The van der Waals surface area contributed by atoms with E-state index in [4.69, 9.17) is 0 Å². The lowest BCUT2D eigenvalue weighted by atomic mass is 10.2. The van der Waals surface area contributed by atoms with Gasteiger partial charge in [0.1, 0.15) is 5.82 Å². The molecule has 3 aromatic rings. The van der Waals surface area contributed by atoms with E-state index in [9.17, 15) is 14.4 Å². The molecule has 0 fully saturated rings. The van der Waals surface area contributed by atoms with E-state index in [0.717, 1.165) is 21.0 Å². The predicted octanol–water partition coefficient (Wildman–Crippen LogP) is 1.31. The van der Waals surface area contributed by atoms with Crippen molar-refractivity contribution in [3.05, 3.63) is 61.0 Å². The molecule has 0 aliphatic heterocycles. The van der Waals surface area contributed by atoms with Crippen molar-refractivity contribution in [3.8, 4) is 0 Å². The van der Waals surface area contributed by atoms with Crippen molar-refractivity contribution in [2.75, 3.05) is 6.54 Å². The molecule has 0 saturated heterocycles. The molecule has 0 aliphatic rings.